The van der Waals surface area contributed by atoms with Gasteiger partial charge in [0.25, 0.3) is 14.2 Å². The predicted octanol–water partition coefficient (Wildman–Crippen LogP) is 6.74. The predicted molar refractivity (Wildman–Crippen MR) is 205 cm³/mol. The Morgan fingerprint density at radius 3 is 2.16 bits per heavy atom. The van der Waals surface area contributed by atoms with Gasteiger partial charge < -0.3 is 9.33 Å². The molecule has 1 fully saturated rings. The van der Waals surface area contributed by atoms with Crippen molar-refractivity contribution in [2.75, 3.05) is 45.2 Å². The number of nitrogens with one attached hydrogen (secondary N) is 1. The maximum absolute atomic E-state index is 13.0. The van der Waals surface area contributed by atoms with Crippen LogP contribution in [-0.2, 0) is 11.0 Å². The topological polar surface area (TPSA) is 57.7 Å². The lowest BCUT2D eigenvalue weighted by Gasteiger charge is -2.42. The van der Waals surface area contributed by atoms with E-state index < -0.39 is 8.32 Å². The molecule has 0 unspecified atom stereocenters. The second-order valence-corrected chi connectivity index (χ2v) is 18.8. The first-order valence-electron chi connectivity index (χ1n) is 16.8. The van der Waals surface area contributed by atoms with E-state index >= 15 is 0 Å². The van der Waals surface area contributed by atoms with Crippen molar-refractivity contribution in [3.8, 4) is 23.1 Å². The van der Waals surface area contributed by atoms with Gasteiger partial charge in [-0.25, -0.2) is 4.98 Å². The number of carbonyl (C=O) groups is 1. The normalized spacial score (nSPS) is 14.2. The second kappa shape index (κ2) is 15.5. The van der Waals surface area contributed by atoms with Crippen LogP contribution in [0.5, 0.6) is 0 Å². The van der Waals surface area contributed by atoms with Crippen LogP contribution in [0.15, 0.2) is 115 Å². The fourth-order valence-electron chi connectivity index (χ4n) is 6.46. The maximum atomic E-state index is 13.0. The van der Waals surface area contributed by atoms with E-state index in [9.17, 15) is 4.79 Å². The van der Waals surface area contributed by atoms with Crippen LogP contribution in [0.25, 0.3) is 11.3 Å². The van der Waals surface area contributed by atoms with E-state index in [0.29, 0.717) is 17.3 Å². The smallest absolute Gasteiger partial charge is 0.262 e. The van der Waals surface area contributed by atoms with Crippen LogP contribution in [0.3, 0.4) is 0 Å². The van der Waals surface area contributed by atoms with E-state index in [2.05, 4.69) is 115 Å². The van der Waals surface area contributed by atoms with Gasteiger partial charge in [-0.2, -0.15) is 0 Å². The molecule has 250 valence electrons. The molecule has 5 aromatic rings. The third-order valence-electron chi connectivity index (χ3n) is 9.11. The molecule has 49 heavy (non-hydrogen) atoms. The number of thiazole rings is 1. The molecule has 6 nitrogen and oxygen atoms in total. The summed E-state index contributed by atoms with van der Waals surface area (Å²) in [5.74, 6) is 6.47. The average Bonchev–Trinajstić information content (AvgIpc) is 3.58. The van der Waals surface area contributed by atoms with Gasteiger partial charge in [0.1, 0.15) is 0 Å². The van der Waals surface area contributed by atoms with Gasteiger partial charge in [-0.1, -0.05) is 118 Å². The van der Waals surface area contributed by atoms with E-state index in [1.165, 1.54) is 27.3 Å². The number of amides is 1. The Morgan fingerprint density at radius 2 is 1.53 bits per heavy atom. The Hall–Kier alpha value is -4.36. The number of likely N-dealkylation sites (N-methyl/N-ethyl adjacent to an activating group) is 1. The number of piperazine rings is 1. The highest BCUT2D eigenvalue weighted by Crippen LogP contribution is 2.36. The summed E-state index contributed by atoms with van der Waals surface area (Å²) in [7, 11) is -0.486. The minimum Gasteiger partial charge on any atom is -0.396 e. The Bertz CT molecular complexity index is 1860. The number of carbonyl (C=O) groups excluding carboxylic acids is 1. The number of hydrogen-bond donors (Lipinski definition) is 1. The monoisotopic (exact) mass is 684 g/mol. The summed E-state index contributed by atoms with van der Waals surface area (Å²) in [4.78, 5) is 22.6. The average molecular weight is 685 g/mol. The van der Waals surface area contributed by atoms with Crippen LogP contribution in [0.2, 0.25) is 5.04 Å². The van der Waals surface area contributed by atoms with Crippen LogP contribution in [0.4, 0.5) is 5.13 Å². The zero-order chi connectivity index (χ0) is 34.3. The SMILES string of the molecule is CN1CCN(Cc2ccc(C(=O)Nc3nc(-c4cccc(C#CCO[Si](c5ccccc5)(c5ccccc5)C(C)(C)C)c4)cs3)cc2)CC1. The first kappa shape index (κ1) is 34.5. The lowest BCUT2D eigenvalue weighted by Crippen LogP contribution is -2.66. The van der Waals surface area contributed by atoms with Crippen molar-refractivity contribution >= 4 is 41.1 Å². The zero-order valence-electron chi connectivity index (χ0n) is 28.8. The third kappa shape index (κ3) is 8.27. The van der Waals surface area contributed by atoms with Crippen molar-refractivity contribution in [3.63, 3.8) is 0 Å². The second-order valence-electron chi connectivity index (χ2n) is 13.6. The molecule has 2 heterocycles. The molecule has 6 rings (SSSR count). The van der Waals surface area contributed by atoms with E-state index in [4.69, 9.17) is 9.41 Å². The van der Waals surface area contributed by atoms with Gasteiger partial charge in [0.05, 0.1) is 12.3 Å². The summed E-state index contributed by atoms with van der Waals surface area (Å²) in [6.07, 6.45) is 0. The van der Waals surface area contributed by atoms with Crippen molar-refractivity contribution in [2.45, 2.75) is 32.4 Å². The summed E-state index contributed by atoms with van der Waals surface area (Å²) < 4.78 is 6.93. The highest BCUT2D eigenvalue weighted by atomic mass is 32.1. The molecule has 8 heteroatoms. The Balaban J connectivity index is 1.11. The quantitative estimate of drug-likeness (QED) is 0.138. The molecule has 1 N–H and O–H groups in total. The number of hydrogen-bond acceptors (Lipinski definition) is 6. The minimum absolute atomic E-state index is 0.108. The Labute approximate surface area is 295 Å². The van der Waals surface area contributed by atoms with Crippen LogP contribution in [0.1, 0.15) is 42.3 Å². The number of nitrogens with zero attached hydrogens (tertiary/aromatic N) is 3. The molecule has 1 saturated heterocycles. The highest BCUT2D eigenvalue weighted by Gasteiger charge is 2.50. The number of rotatable bonds is 9. The fraction of sp³-hybridized carbons (Fsp3) is 0.268. The molecule has 0 radical (unpaired) electrons. The van der Waals surface area contributed by atoms with E-state index in [0.717, 1.165) is 49.5 Å². The molecule has 1 aliphatic rings. The largest absolute Gasteiger partial charge is 0.396 e. The van der Waals surface area contributed by atoms with Crippen molar-refractivity contribution < 1.29 is 9.22 Å². The van der Waals surface area contributed by atoms with Crippen LogP contribution in [-0.4, -0.2) is 68.8 Å². The van der Waals surface area contributed by atoms with E-state index in [1.807, 2.05) is 53.9 Å². The van der Waals surface area contributed by atoms with Crippen molar-refractivity contribution in [3.05, 3.63) is 131 Å². The molecular formula is C41H44N4O2SSi. The molecule has 0 saturated carbocycles. The lowest BCUT2D eigenvalue weighted by molar-refractivity contribution is 0.102. The number of benzene rings is 4. The third-order valence-corrected chi connectivity index (χ3v) is 14.9. The molecule has 1 aliphatic heterocycles. The lowest BCUT2D eigenvalue weighted by atomic mass is 10.1. The standard InChI is InChI=1S/C41H44N4O2SSi/c1-41(2,3)49(36-16-7-5-8-17-36,37-18-9-6-10-19-37)47-28-12-14-32-13-11-15-35(29-32)38-31-48-40(42-38)43-39(46)34-22-20-33(21-23-34)30-45-26-24-44(4)25-27-45/h5-11,13,15-23,29,31H,24-28,30H2,1-4H3,(H,42,43,46). The molecule has 0 aliphatic carbocycles. The summed E-state index contributed by atoms with van der Waals surface area (Å²) in [6, 6.07) is 37.2. The van der Waals surface area contributed by atoms with E-state index in [-0.39, 0.29) is 10.9 Å². The Kier molecular flexibility index (Phi) is 10.9. The first-order valence-corrected chi connectivity index (χ1v) is 19.6. The molecule has 0 spiro atoms. The summed E-state index contributed by atoms with van der Waals surface area (Å²) in [5.41, 5.74) is 4.48. The summed E-state index contributed by atoms with van der Waals surface area (Å²) in [6.45, 7) is 12.4. The maximum Gasteiger partial charge on any atom is 0.262 e. The summed E-state index contributed by atoms with van der Waals surface area (Å²) >= 11 is 1.42. The molecule has 1 aromatic heterocycles. The molecule has 1 amide bonds. The molecule has 4 aromatic carbocycles. The zero-order valence-corrected chi connectivity index (χ0v) is 30.6. The van der Waals surface area contributed by atoms with Gasteiger partial charge in [-0.05, 0) is 52.3 Å². The van der Waals surface area contributed by atoms with Crippen LogP contribution in [0, 0.1) is 11.8 Å². The summed E-state index contributed by atoms with van der Waals surface area (Å²) in [5, 5.41) is 7.88. The Morgan fingerprint density at radius 1 is 0.878 bits per heavy atom. The molecule has 0 atom stereocenters. The fourth-order valence-corrected chi connectivity index (χ4v) is 11.6. The van der Waals surface area contributed by atoms with Crippen LogP contribution >= 0.6 is 11.3 Å². The van der Waals surface area contributed by atoms with Gasteiger partial charge in [0.15, 0.2) is 5.13 Å². The van der Waals surface area contributed by atoms with Gasteiger partial charge in [-0.3, -0.25) is 15.0 Å². The van der Waals surface area contributed by atoms with Crippen molar-refractivity contribution in [2.24, 2.45) is 0 Å². The van der Waals surface area contributed by atoms with Gasteiger partial charge in [0.2, 0.25) is 0 Å². The van der Waals surface area contributed by atoms with Gasteiger partial charge in [-0.15, -0.1) is 11.3 Å². The number of anilines is 1. The van der Waals surface area contributed by atoms with Gasteiger partial charge >= 0.3 is 0 Å². The first-order chi connectivity index (χ1) is 23.7. The number of aromatic nitrogens is 1. The minimum atomic E-state index is -2.65. The van der Waals surface area contributed by atoms with E-state index in [1.54, 1.807) is 0 Å². The molecular weight excluding hydrogens is 641 g/mol. The highest BCUT2D eigenvalue weighted by molar-refractivity contribution is 7.14. The van der Waals surface area contributed by atoms with Crippen molar-refractivity contribution in [1.29, 1.82) is 0 Å². The van der Waals surface area contributed by atoms with Crippen molar-refractivity contribution in [1.82, 2.24) is 14.8 Å². The van der Waals surface area contributed by atoms with Gasteiger partial charge in [0, 0.05) is 54.8 Å². The van der Waals surface area contributed by atoms with Crippen LogP contribution < -0.4 is 15.7 Å². The molecule has 0 bridgehead atoms.